The SMILES string of the molecule is CCCCCCP1(=O)CCC1. The number of hydrogen-bond donors (Lipinski definition) is 0. The van der Waals surface area contributed by atoms with Gasteiger partial charge in [-0.1, -0.05) is 26.2 Å². The molecular formula is C9H19OP. The van der Waals surface area contributed by atoms with Crippen LogP contribution in [0.5, 0.6) is 0 Å². The largest absolute Gasteiger partial charge is 0.324 e. The molecule has 0 N–H and O–H groups in total. The Bertz CT molecular complexity index is 146. The molecule has 1 rings (SSSR count). The highest BCUT2D eigenvalue weighted by Crippen LogP contribution is 2.55. The second-order valence-electron chi connectivity index (χ2n) is 3.64. The van der Waals surface area contributed by atoms with Crippen LogP contribution in [0.25, 0.3) is 0 Å². The molecule has 1 nitrogen and oxygen atoms in total. The molecule has 0 aromatic rings. The van der Waals surface area contributed by atoms with Crippen LogP contribution in [0.2, 0.25) is 0 Å². The molecule has 1 aliphatic rings. The molecule has 0 aliphatic carbocycles. The third-order valence-electron chi connectivity index (χ3n) is 2.55. The Hall–Kier alpha value is 0.230. The van der Waals surface area contributed by atoms with Gasteiger partial charge in [0.25, 0.3) is 0 Å². The van der Waals surface area contributed by atoms with Gasteiger partial charge in [-0.05, 0) is 12.8 Å². The van der Waals surface area contributed by atoms with E-state index >= 15 is 0 Å². The molecule has 0 bridgehead atoms. The van der Waals surface area contributed by atoms with Gasteiger partial charge < -0.3 is 4.57 Å². The topological polar surface area (TPSA) is 17.1 Å². The normalized spacial score (nSPS) is 21.2. The first-order valence-corrected chi connectivity index (χ1v) is 7.10. The van der Waals surface area contributed by atoms with Crippen molar-refractivity contribution >= 4 is 7.14 Å². The Morgan fingerprint density at radius 2 is 1.91 bits per heavy atom. The van der Waals surface area contributed by atoms with Crippen LogP contribution < -0.4 is 0 Å². The van der Waals surface area contributed by atoms with Gasteiger partial charge in [0.2, 0.25) is 0 Å². The number of rotatable bonds is 5. The van der Waals surface area contributed by atoms with Crippen LogP contribution in [0.4, 0.5) is 0 Å². The summed E-state index contributed by atoms with van der Waals surface area (Å²) in [6, 6.07) is 0. The van der Waals surface area contributed by atoms with Gasteiger partial charge >= 0.3 is 0 Å². The van der Waals surface area contributed by atoms with Gasteiger partial charge in [-0.2, -0.15) is 0 Å². The van der Waals surface area contributed by atoms with Crippen LogP contribution in [-0.2, 0) is 4.57 Å². The maximum atomic E-state index is 11.6. The van der Waals surface area contributed by atoms with Crippen LogP contribution >= 0.6 is 7.14 Å². The molecule has 2 heteroatoms. The fourth-order valence-electron chi connectivity index (χ4n) is 1.56. The van der Waals surface area contributed by atoms with Crippen LogP contribution in [-0.4, -0.2) is 18.5 Å². The standard InChI is InChI=1S/C9H19OP/c1-2-3-4-5-7-11(10)8-6-9-11/h2-9H2,1H3. The van der Waals surface area contributed by atoms with E-state index < -0.39 is 7.14 Å². The summed E-state index contributed by atoms with van der Waals surface area (Å²) in [7, 11) is -1.53. The molecule has 1 aliphatic heterocycles. The van der Waals surface area contributed by atoms with Crippen molar-refractivity contribution in [3.63, 3.8) is 0 Å². The van der Waals surface area contributed by atoms with Crippen molar-refractivity contribution in [1.82, 2.24) is 0 Å². The third-order valence-corrected chi connectivity index (χ3v) is 5.94. The minimum absolute atomic E-state index is 1.05. The van der Waals surface area contributed by atoms with Crippen molar-refractivity contribution in [1.29, 1.82) is 0 Å². The van der Waals surface area contributed by atoms with Crippen LogP contribution in [0, 0.1) is 0 Å². The highest BCUT2D eigenvalue weighted by molar-refractivity contribution is 7.65. The first kappa shape index (κ1) is 9.32. The van der Waals surface area contributed by atoms with Crippen LogP contribution in [0.3, 0.4) is 0 Å². The van der Waals surface area contributed by atoms with Gasteiger partial charge in [-0.25, -0.2) is 0 Å². The van der Waals surface area contributed by atoms with Gasteiger partial charge in [-0.3, -0.25) is 0 Å². The second kappa shape index (κ2) is 4.30. The van der Waals surface area contributed by atoms with Crippen LogP contribution in [0.1, 0.15) is 39.0 Å². The van der Waals surface area contributed by atoms with E-state index in [0.29, 0.717) is 0 Å². The number of unbranched alkanes of at least 4 members (excludes halogenated alkanes) is 3. The Morgan fingerprint density at radius 3 is 2.36 bits per heavy atom. The molecule has 0 aromatic carbocycles. The molecule has 0 amide bonds. The lowest BCUT2D eigenvalue weighted by Crippen LogP contribution is -2.11. The maximum absolute atomic E-state index is 11.6. The average Bonchev–Trinajstić information content (AvgIpc) is 1.95. The van der Waals surface area contributed by atoms with Crippen molar-refractivity contribution in [3.8, 4) is 0 Å². The van der Waals surface area contributed by atoms with Crippen molar-refractivity contribution in [3.05, 3.63) is 0 Å². The maximum Gasteiger partial charge on any atom is 0.0877 e. The first-order chi connectivity index (χ1) is 5.27. The lowest BCUT2D eigenvalue weighted by Gasteiger charge is -2.26. The van der Waals surface area contributed by atoms with Crippen molar-refractivity contribution in [2.24, 2.45) is 0 Å². The summed E-state index contributed by atoms with van der Waals surface area (Å²) in [5.41, 5.74) is 0. The fourth-order valence-corrected chi connectivity index (χ4v) is 3.83. The highest BCUT2D eigenvalue weighted by atomic mass is 31.2. The van der Waals surface area contributed by atoms with Gasteiger partial charge in [0, 0.05) is 18.5 Å². The van der Waals surface area contributed by atoms with E-state index in [-0.39, 0.29) is 0 Å². The monoisotopic (exact) mass is 174 g/mol. The van der Waals surface area contributed by atoms with E-state index in [0.717, 1.165) is 18.5 Å². The van der Waals surface area contributed by atoms with Gasteiger partial charge in [0.15, 0.2) is 0 Å². The van der Waals surface area contributed by atoms with E-state index in [1.165, 1.54) is 32.1 Å². The molecule has 0 saturated carbocycles. The Kier molecular flexibility index (Phi) is 3.65. The summed E-state index contributed by atoms with van der Waals surface area (Å²) in [6.07, 6.45) is 9.49. The molecular weight excluding hydrogens is 155 g/mol. The Morgan fingerprint density at radius 1 is 1.18 bits per heavy atom. The quantitative estimate of drug-likeness (QED) is 0.461. The minimum Gasteiger partial charge on any atom is -0.324 e. The van der Waals surface area contributed by atoms with Gasteiger partial charge in [-0.15, -0.1) is 0 Å². The molecule has 0 aromatic heterocycles. The molecule has 1 heterocycles. The second-order valence-corrected chi connectivity index (χ2v) is 7.10. The Labute approximate surface area is 69.9 Å². The zero-order valence-corrected chi connectivity index (χ0v) is 8.41. The predicted octanol–water partition coefficient (Wildman–Crippen LogP) is 3.33. The molecule has 11 heavy (non-hydrogen) atoms. The van der Waals surface area contributed by atoms with Crippen molar-refractivity contribution in [2.45, 2.75) is 39.0 Å². The zero-order chi connectivity index (χ0) is 8.16. The van der Waals surface area contributed by atoms with E-state index in [2.05, 4.69) is 6.92 Å². The lowest BCUT2D eigenvalue weighted by molar-refractivity contribution is 0.557. The summed E-state index contributed by atoms with van der Waals surface area (Å²) in [5.74, 6) is 0. The first-order valence-electron chi connectivity index (χ1n) is 4.84. The minimum atomic E-state index is -1.53. The van der Waals surface area contributed by atoms with Crippen LogP contribution in [0.15, 0.2) is 0 Å². The molecule has 0 unspecified atom stereocenters. The predicted molar refractivity (Wildman–Crippen MR) is 51.0 cm³/mol. The molecule has 0 atom stereocenters. The highest BCUT2D eigenvalue weighted by Gasteiger charge is 2.28. The lowest BCUT2D eigenvalue weighted by atomic mass is 10.2. The Balaban J connectivity index is 1.98. The molecule has 0 radical (unpaired) electrons. The summed E-state index contributed by atoms with van der Waals surface area (Å²) in [5, 5.41) is 0. The van der Waals surface area contributed by atoms with Crippen molar-refractivity contribution in [2.75, 3.05) is 18.5 Å². The summed E-state index contributed by atoms with van der Waals surface area (Å²) < 4.78 is 11.6. The summed E-state index contributed by atoms with van der Waals surface area (Å²) in [4.78, 5) is 0. The molecule has 1 saturated heterocycles. The third kappa shape index (κ3) is 2.99. The van der Waals surface area contributed by atoms with E-state index in [9.17, 15) is 4.57 Å². The smallest absolute Gasteiger partial charge is 0.0877 e. The number of hydrogen-bond acceptors (Lipinski definition) is 1. The molecule has 66 valence electrons. The van der Waals surface area contributed by atoms with Crippen molar-refractivity contribution < 1.29 is 4.57 Å². The van der Waals surface area contributed by atoms with E-state index in [1.807, 2.05) is 0 Å². The average molecular weight is 174 g/mol. The molecule has 0 spiro atoms. The summed E-state index contributed by atoms with van der Waals surface area (Å²) in [6.45, 7) is 2.21. The summed E-state index contributed by atoms with van der Waals surface area (Å²) >= 11 is 0. The van der Waals surface area contributed by atoms with E-state index in [4.69, 9.17) is 0 Å². The van der Waals surface area contributed by atoms with Gasteiger partial charge in [0.05, 0.1) is 7.14 Å². The van der Waals surface area contributed by atoms with Gasteiger partial charge in [0.1, 0.15) is 0 Å². The fraction of sp³-hybridized carbons (Fsp3) is 1.00. The molecule has 1 fully saturated rings. The van der Waals surface area contributed by atoms with E-state index in [1.54, 1.807) is 0 Å². The zero-order valence-electron chi connectivity index (χ0n) is 7.51.